The maximum Gasteiger partial charge on any atom is 0.254 e. The SMILES string of the molecule is CCn1cc(-c2cc(C(=O)N3CCN(Cc4cccc(F)c4F)CC3)c3ccccc3n2)cn1.Cl. The van der Waals surface area contributed by atoms with Gasteiger partial charge in [-0.25, -0.2) is 13.8 Å². The van der Waals surface area contributed by atoms with E-state index in [1.807, 2.05) is 57.9 Å². The first-order valence-electron chi connectivity index (χ1n) is 11.4. The Morgan fingerprint density at radius 2 is 1.80 bits per heavy atom. The summed E-state index contributed by atoms with van der Waals surface area (Å²) in [4.78, 5) is 22.2. The third-order valence-electron chi connectivity index (χ3n) is 6.28. The van der Waals surface area contributed by atoms with Crippen LogP contribution in [0.15, 0.2) is 60.9 Å². The molecule has 0 N–H and O–H groups in total. The van der Waals surface area contributed by atoms with Crippen LogP contribution in [0.1, 0.15) is 22.8 Å². The second-order valence-corrected chi connectivity index (χ2v) is 8.44. The predicted molar refractivity (Wildman–Crippen MR) is 133 cm³/mol. The summed E-state index contributed by atoms with van der Waals surface area (Å²) in [5, 5.41) is 5.14. The number of piperazine rings is 1. The second-order valence-electron chi connectivity index (χ2n) is 8.44. The molecule has 0 aliphatic carbocycles. The third-order valence-corrected chi connectivity index (χ3v) is 6.28. The number of para-hydroxylation sites is 1. The number of rotatable bonds is 5. The van der Waals surface area contributed by atoms with E-state index in [0.717, 1.165) is 29.1 Å². The van der Waals surface area contributed by atoms with Gasteiger partial charge in [-0.15, -0.1) is 12.4 Å². The molecule has 35 heavy (non-hydrogen) atoms. The summed E-state index contributed by atoms with van der Waals surface area (Å²) in [5.41, 5.74) is 3.27. The zero-order chi connectivity index (χ0) is 23.7. The van der Waals surface area contributed by atoms with Crippen LogP contribution in [0.3, 0.4) is 0 Å². The van der Waals surface area contributed by atoms with Gasteiger partial charge in [0.2, 0.25) is 0 Å². The summed E-state index contributed by atoms with van der Waals surface area (Å²) in [6, 6.07) is 13.7. The van der Waals surface area contributed by atoms with Crippen molar-refractivity contribution in [1.29, 1.82) is 0 Å². The number of aryl methyl sites for hydroxylation is 1. The van der Waals surface area contributed by atoms with Gasteiger partial charge in [0.05, 0.1) is 23.0 Å². The fraction of sp³-hybridized carbons (Fsp3) is 0.269. The maximum absolute atomic E-state index is 14.1. The fourth-order valence-corrected chi connectivity index (χ4v) is 4.36. The zero-order valence-electron chi connectivity index (χ0n) is 19.3. The number of aromatic nitrogens is 3. The van der Waals surface area contributed by atoms with Crippen molar-refractivity contribution in [2.24, 2.45) is 0 Å². The summed E-state index contributed by atoms with van der Waals surface area (Å²) in [7, 11) is 0. The minimum atomic E-state index is -0.837. The minimum Gasteiger partial charge on any atom is -0.336 e. The standard InChI is InChI=1S/C26H25F2N5O.ClH/c1-2-33-17-19(15-29-33)24-14-21(20-7-3-4-9-23(20)30-24)26(34)32-12-10-31(11-13-32)16-18-6-5-8-22(27)25(18)28;/h3-9,14-15,17H,2,10-13,16H2,1H3;1H. The van der Waals surface area contributed by atoms with Crippen molar-refractivity contribution in [3.8, 4) is 11.3 Å². The number of amides is 1. The van der Waals surface area contributed by atoms with Crippen molar-refractivity contribution in [2.45, 2.75) is 20.0 Å². The molecule has 0 bridgehead atoms. The van der Waals surface area contributed by atoms with E-state index in [1.165, 1.54) is 6.07 Å². The van der Waals surface area contributed by atoms with Gasteiger partial charge in [0, 0.05) is 62.0 Å². The van der Waals surface area contributed by atoms with E-state index in [2.05, 4.69) is 5.10 Å². The van der Waals surface area contributed by atoms with Gasteiger partial charge in [0.15, 0.2) is 11.6 Å². The molecule has 1 aliphatic heterocycles. The number of hydrogen-bond donors (Lipinski definition) is 0. The Labute approximate surface area is 208 Å². The lowest BCUT2D eigenvalue weighted by Gasteiger charge is -2.35. The molecule has 0 radical (unpaired) electrons. The molecule has 5 rings (SSSR count). The predicted octanol–water partition coefficient (Wildman–Crippen LogP) is 4.78. The maximum atomic E-state index is 14.1. The summed E-state index contributed by atoms with van der Waals surface area (Å²) in [6.45, 7) is 5.27. The molecule has 0 saturated carbocycles. The number of pyridine rings is 1. The van der Waals surface area contributed by atoms with Crippen molar-refractivity contribution < 1.29 is 13.6 Å². The van der Waals surface area contributed by atoms with Crippen LogP contribution in [0.4, 0.5) is 8.78 Å². The third kappa shape index (κ3) is 5.04. The van der Waals surface area contributed by atoms with Gasteiger partial charge in [0.25, 0.3) is 5.91 Å². The molecule has 3 heterocycles. The van der Waals surface area contributed by atoms with E-state index in [4.69, 9.17) is 4.98 Å². The van der Waals surface area contributed by atoms with E-state index >= 15 is 0 Å². The first-order valence-corrected chi connectivity index (χ1v) is 11.4. The molecule has 1 aliphatic rings. The smallest absolute Gasteiger partial charge is 0.254 e. The molecule has 1 fully saturated rings. The highest BCUT2D eigenvalue weighted by Gasteiger charge is 2.25. The van der Waals surface area contributed by atoms with Gasteiger partial charge in [-0.3, -0.25) is 14.4 Å². The van der Waals surface area contributed by atoms with Gasteiger partial charge in [-0.2, -0.15) is 5.10 Å². The van der Waals surface area contributed by atoms with Gasteiger partial charge in [0.1, 0.15) is 0 Å². The molecule has 0 spiro atoms. The van der Waals surface area contributed by atoms with Crippen molar-refractivity contribution in [3.63, 3.8) is 0 Å². The highest BCUT2D eigenvalue weighted by Crippen LogP contribution is 2.26. The van der Waals surface area contributed by atoms with E-state index in [9.17, 15) is 13.6 Å². The van der Waals surface area contributed by atoms with E-state index < -0.39 is 11.6 Å². The summed E-state index contributed by atoms with van der Waals surface area (Å²) in [5.74, 6) is -1.70. The first kappa shape index (κ1) is 24.8. The van der Waals surface area contributed by atoms with Crippen LogP contribution in [0.25, 0.3) is 22.2 Å². The number of halogens is 3. The molecule has 6 nitrogen and oxygen atoms in total. The molecular formula is C26H26ClF2N5O. The normalized spacial score (nSPS) is 14.2. The monoisotopic (exact) mass is 497 g/mol. The van der Waals surface area contributed by atoms with Crippen LogP contribution < -0.4 is 0 Å². The molecule has 1 amide bonds. The molecule has 182 valence electrons. The van der Waals surface area contributed by atoms with Crippen LogP contribution in [0.2, 0.25) is 0 Å². The number of carbonyl (C=O) groups excluding carboxylic acids is 1. The molecule has 0 atom stereocenters. The van der Waals surface area contributed by atoms with Crippen molar-refractivity contribution in [3.05, 3.63) is 83.7 Å². The topological polar surface area (TPSA) is 54.3 Å². The van der Waals surface area contributed by atoms with Gasteiger partial charge >= 0.3 is 0 Å². The quantitative estimate of drug-likeness (QED) is 0.398. The molecule has 2 aromatic carbocycles. The molecule has 2 aromatic heterocycles. The largest absolute Gasteiger partial charge is 0.336 e. The van der Waals surface area contributed by atoms with Gasteiger partial charge in [-0.05, 0) is 25.1 Å². The molecule has 0 unspecified atom stereocenters. The van der Waals surface area contributed by atoms with Crippen molar-refractivity contribution in [1.82, 2.24) is 24.6 Å². The molecule has 4 aromatic rings. The van der Waals surface area contributed by atoms with Crippen LogP contribution in [0, 0.1) is 11.6 Å². The molecule has 1 saturated heterocycles. The highest BCUT2D eigenvalue weighted by molar-refractivity contribution is 6.07. The Bertz CT molecular complexity index is 1350. The van der Waals surface area contributed by atoms with Crippen LogP contribution in [-0.2, 0) is 13.1 Å². The zero-order valence-corrected chi connectivity index (χ0v) is 20.1. The number of carbonyl (C=O) groups is 1. The molecule has 9 heteroatoms. The van der Waals surface area contributed by atoms with E-state index in [1.54, 1.807) is 12.3 Å². The molecular weight excluding hydrogens is 472 g/mol. The average Bonchev–Trinajstić information content (AvgIpc) is 3.36. The first-order chi connectivity index (χ1) is 16.5. The number of nitrogens with zero attached hydrogens (tertiary/aromatic N) is 5. The lowest BCUT2D eigenvalue weighted by Crippen LogP contribution is -2.48. The number of benzene rings is 2. The Hall–Kier alpha value is -3.36. The van der Waals surface area contributed by atoms with Crippen molar-refractivity contribution >= 4 is 29.2 Å². The lowest BCUT2D eigenvalue weighted by molar-refractivity contribution is 0.0628. The van der Waals surface area contributed by atoms with Crippen LogP contribution in [0.5, 0.6) is 0 Å². The van der Waals surface area contributed by atoms with Crippen LogP contribution >= 0.6 is 12.4 Å². The lowest BCUT2D eigenvalue weighted by atomic mass is 10.0. The van der Waals surface area contributed by atoms with E-state index in [-0.39, 0.29) is 18.3 Å². The minimum absolute atomic E-state index is 0. The second kappa shape index (κ2) is 10.5. The Morgan fingerprint density at radius 1 is 1.03 bits per heavy atom. The number of hydrogen-bond acceptors (Lipinski definition) is 4. The van der Waals surface area contributed by atoms with Crippen molar-refractivity contribution in [2.75, 3.05) is 26.2 Å². The number of fused-ring (bicyclic) bond motifs is 1. The summed E-state index contributed by atoms with van der Waals surface area (Å²) < 4.78 is 29.4. The highest BCUT2D eigenvalue weighted by atomic mass is 35.5. The fourth-order valence-electron chi connectivity index (χ4n) is 4.36. The van der Waals surface area contributed by atoms with Crippen LogP contribution in [-0.4, -0.2) is 56.7 Å². The summed E-state index contributed by atoms with van der Waals surface area (Å²) in [6.07, 6.45) is 3.69. The van der Waals surface area contributed by atoms with Gasteiger partial charge < -0.3 is 4.90 Å². The Balaban J connectivity index is 0.00000289. The van der Waals surface area contributed by atoms with Gasteiger partial charge in [-0.1, -0.05) is 30.3 Å². The average molecular weight is 498 g/mol. The Morgan fingerprint density at radius 3 is 2.54 bits per heavy atom. The van der Waals surface area contributed by atoms with E-state index in [0.29, 0.717) is 49.5 Å². The Kier molecular flexibility index (Phi) is 7.42. The summed E-state index contributed by atoms with van der Waals surface area (Å²) >= 11 is 0.